The summed E-state index contributed by atoms with van der Waals surface area (Å²) in [5.74, 6) is 1.54. The van der Waals surface area contributed by atoms with E-state index in [0.29, 0.717) is 39.6 Å². The second-order valence-corrected chi connectivity index (χ2v) is 6.37. The molecule has 1 amide bonds. The molecule has 0 atom stereocenters. The lowest BCUT2D eigenvalue weighted by Crippen LogP contribution is -2.12. The van der Waals surface area contributed by atoms with Gasteiger partial charge in [-0.05, 0) is 42.5 Å². The summed E-state index contributed by atoms with van der Waals surface area (Å²) in [6.45, 7) is 0. The lowest BCUT2D eigenvalue weighted by Gasteiger charge is -2.07. The van der Waals surface area contributed by atoms with Crippen LogP contribution in [0.2, 0.25) is 10.0 Å². The molecular weight excluding hydrogens is 375 g/mol. The molecule has 3 rings (SSSR count). The second kappa shape index (κ2) is 8.25. The number of nitrogens with zero attached hydrogens (tertiary/aromatic N) is 1. The Morgan fingerprint density at radius 2 is 1.96 bits per heavy atom. The normalized spacial score (nSPS) is 10.6. The third-order valence-corrected chi connectivity index (χ3v) is 4.23. The molecule has 5 nitrogen and oxygen atoms in total. The third kappa shape index (κ3) is 4.56. The Hall–Kier alpha value is -2.50. The number of hydrogen-bond donors (Lipinski definition) is 1. The second-order valence-electron chi connectivity index (χ2n) is 5.52. The molecule has 0 aliphatic heterocycles. The lowest BCUT2D eigenvalue weighted by atomic mass is 10.2. The number of rotatable bonds is 6. The third-order valence-electron chi connectivity index (χ3n) is 3.68. The van der Waals surface area contributed by atoms with Crippen LogP contribution in [0.1, 0.15) is 12.3 Å². The van der Waals surface area contributed by atoms with Crippen molar-refractivity contribution in [2.45, 2.75) is 12.8 Å². The maximum Gasteiger partial charge on any atom is 0.224 e. The van der Waals surface area contributed by atoms with Gasteiger partial charge in [-0.3, -0.25) is 4.79 Å². The molecule has 1 heterocycles. The van der Waals surface area contributed by atoms with Gasteiger partial charge < -0.3 is 14.5 Å². The fourth-order valence-corrected chi connectivity index (χ4v) is 2.75. The SMILES string of the molecule is COc1ccc(NC(=O)CCc2ncc(-c3ccc(Cl)cc3)o2)cc1Cl. The van der Waals surface area contributed by atoms with Crippen molar-refractivity contribution >= 4 is 34.8 Å². The van der Waals surface area contributed by atoms with Gasteiger partial charge in [0.05, 0.1) is 18.3 Å². The molecule has 0 aliphatic rings. The molecule has 0 radical (unpaired) electrons. The van der Waals surface area contributed by atoms with Crippen molar-refractivity contribution in [1.29, 1.82) is 0 Å². The number of carbonyl (C=O) groups is 1. The van der Waals surface area contributed by atoms with Crippen LogP contribution in [-0.4, -0.2) is 18.0 Å². The molecule has 0 unspecified atom stereocenters. The maximum atomic E-state index is 12.1. The van der Waals surface area contributed by atoms with Crippen LogP contribution < -0.4 is 10.1 Å². The molecule has 2 aromatic carbocycles. The van der Waals surface area contributed by atoms with Gasteiger partial charge in [0.1, 0.15) is 5.75 Å². The van der Waals surface area contributed by atoms with Gasteiger partial charge >= 0.3 is 0 Å². The molecule has 0 spiro atoms. The van der Waals surface area contributed by atoms with E-state index in [1.54, 1.807) is 36.5 Å². The van der Waals surface area contributed by atoms with E-state index in [1.165, 1.54) is 7.11 Å². The maximum absolute atomic E-state index is 12.1. The minimum absolute atomic E-state index is 0.155. The topological polar surface area (TPSA) is 64.4 Å². The molecule has 3 aromatic rings. The molecule has 0 fully saturated rings. The average Bonchev–Trinajstić information content (AvgIpc) is 3.10. The van der Waals surface area contributed by atoms with Crippen LogP contribution in [0.5, 0.6) is 5.75 Å². The van der Waals surface area contributed by atoms with Crippen molar-refractivity contribution in [3.8, 4) is 17.1 Å². The van der Waals surface area contributed by atoms with E-state index in [4.69, 9.17) is 32.4 Å². The Labute approximate surface area is 160 Å². The van der Waals surface area contributed by atoms with Gasteiger partial charge in [-0.1, -0.05) is 23.2 Å². The van der Waals surface area contributed by atoms with Gasteiger partial charge in [0.15, 0.2) is 11.7 Å². The molecule has 0 bridgehead atoms. The van der Waals surface area contributed by atoms with Gasteiger partial charge in [-0.25, -0.2) is 4.98 Å². The summed E-state index contributed by atoms with van der Waals surface area (Å²) < 4.78 is 10.8. The molecule has 0 aliphatic carbocycles. The highest BCUT2D eigenvalue weighted by molar-refractivity contribution is 6.32. The molecule has 1 aromatic heterocycles. The zero-order chi connectivity index (χ0) is 18.5. The van der Waals surface area contributed by atoms with E-state index < -0.39 is 0 Å². The lowest BCUT2D eigenvalue weighted by molar-refractivity contribution is -0.116. The smallest absolute Gasteiger partial charge is 0.224 e. The van der Waals surface area contributed by atoms with Crippen molar-refractivity contribution in [3.63, 3.8) is 0 Å². The molecule has 0 saturated heterocycles. The summed E-state index contributed by atoms with van der Waals surface area (Å²) in [6, 6.07) is 12.3. The quantitative estimate of drug-likeness (QED) is 0.625. The number of anilines is 1. The van der Waals surface area contributed by atoms with Crippen LogP contribution in [-0.2, 0) is 11.2 Å². The van der Waals surface area contributed by atoms with Crippen LogP contribution in [0.25, 0.3) is 11.3 Å². The first-order valence-electron chi connectivity index (χ1n) is 7.89. The highest BCUT2D eigenvalue weighted by Gasteiger charge is 2.10. The first-order chi connectivity index (χ1) is 12.5. The van der Waals surface area contributed by atoms with Crippen LogP contribution in [0, 0.1) is 0 Å². The van der Waals surface area contributed by atoms with E-state index in [-0.39, 0.29) is 12.3 Å². The molecule has 26 heavy (non-hydrogen) atoms. The summed E-state index contributed by atoms with van der Waals surface area (Å²) in [7, 11) is 1.54. The Kier molecular flexibility index (Phi) is 5.81. The number of halogens is 2. The number of methoxy groups -OCH3 is 1. The molecule has 1 N–H and O–H groups in total. The number of carbonyl (C=O) groups excluding carboxylic acids is 1. The van der Waals surface area contributed by atoms with Crippen LogP contribution in [0.15, 0.2) is 53.1 Å². The van der Waals surface area contributed by atoms with Gasteiger partial charge in [0.2, 0.25) is 5.91 Å². The van der Waals surface area contributed by atoms with Crippen LogP contribution in [0.4, 0.5) is 5.69 Å². The van der Waals surface area contributed by atoms with E-state index in [9.17, 15) is 4.79 Å². The minimum atomic E-state index is -0.155. The zero-order valence-electron chi connectivity index (χ0n) is 14.0. The minimum Gasteiger partial charge on any atom is -0.495 e. The van der Waals surface area contributed by atoms with Crippen molar-refractivity contribution in [1.82, 2.24) is 4.98 Å². The summed E-state index contributed by atoms with van der Waals surface area (Å²) in [6.07, 6.45) is 2.27. The van der Waals surface area contributed by atoms with Crippen molar-refractivity contribution < 1.29 is 13.9 Å². The highest BCUT2D eigenvalue weighted by Crippen LogP contribution is 2.27. The largest absolute Gasteiger partial charge is 0.495 e. The van der Waals surface area contributed by atoms with Crippen LogP contribution in [0.3, 0.4) is 0 Å². The monoisotopic (exact) mass is 390 g/mol. The predicted octanol–water partition coefficient (Wildman–Crippen LogP) is 5.23. The predicted molar refractivity (Wildman–Crippen MR) is 102 cm³/mol. The molecular formula is C19H16Cl2N2O3. The Morgan fingerprint density at radius 1 is 1.19 bits per heavy atom. The summed E-state index contributed by atoms with van der Waals surface area (Å²) in [5, 5.41) is 3.88. The van der Waals surface area contributed by atoms with Gasteiger partial charge in [-0.15, -0.1) is 0 Å². The number of aromatic nitrogens is 1. The number of aryl methyl sites for hydroxylation is 1. The van der Waals surface area contributed by atoms with Crippen LogP contribution >= 0.6 is 23.2 Å². The van der Waals surface area contributed by atoms with E-state index in [0.717, 1.165) is 5.56 Å². The van der Waals surface area contributed by atoms with Crippen molar-refractivity contribution in [3.05, 3.63) is 64.6 Å². The number of ether oxygens (including phenoxy) is 1. The highest BCUT2D eigenvalue weighted by atomic mass is 35.5. The number of oxazole rings is 1. The fourth-order valence-electron chi connectivity index (χ4n) is 2.36. The Bertz CT molecular complexity index is 907. The molecule has 134 valence electrons. The number of nitrogens with one attached hydrogen (secondary N) is 1. The van der Waals surface area contributed by atoms with Crippen molar-refractivity contribution in [2.75, 3.05) is 12.4 Å². The number of hydrogen-bond acceptors (Lipinski definition) is 4. The van der Waals surface area contributed by atoms with E-state index >= 15 is 0 Å². The fraction of sp³-hybridized carbons (Fsp3) is 0.158. The van der Waals surface area contributed by atoms with Gasteiger partial charge in [0, 0.05) is 29.1 Å². The Morgan fingerprint density at radius 3 is 2.65 bits per heavy atom. The standard InChI is InChI=1S/C19H16Cl2N2O3/c1-25-16-7-6-14(10-15(16)21)23-18(24)8-9-19-22-11-17(26-19)12-2-4-13(20)5-3-12/h2-7,10-11H,8-9H2,1H3,(H,23,24). The van der Waals surface area contributed by atoms with Crippen molar-refractivity contribution in [2.24, 2.45) is 0 Å². The average molecular weight is 391 g/mol. The number of benzene rings is 2. The zero-order valence-corrected chi connectivity index (χ0v) is 15.5. The summed E-state index contributed by atoms with van der Waals surface area (Å²) in [4.78, 5) is 16.3. The molecule has 0 saturated carbocycles. The summed E-state index contributed by atoms with van der Waals surface area (Å²) >= 11 is 11.9. The van der Waals surface area contributed by atoms with Gasteiger partial charge in [-0.2, -0.15) is 0 Å². The van der Waals surface area contributed by atoms with E-state index in [1.807, 2.05) is 12.1 Å². The first kappa shape index (κ1) is 18.3. The number of amides is 1. The molecule has 7 heteroatoms. The van der Waals surface area contributed by atoms with E-state index in [2.05, 4.69) is 10.3 Å². The summed E-state index contributed by atoms with van der Waals surface area (Å²) in [5.41, 5.74) is 1.49. The first-order valence-corrected chi connectivity index (χ1v) is 8.65. The Balaban J connectivity index is 1.56. The van der Waals surface area contributed by atoms with Gasteiger partial charge in [0.25, 0.3) is 0 Å².